The molecule has 1 heterocycles. The number of aromatic hydroxyl groups is 2. The molecule has 0 aromatic carbocycles. The van der Waals surface area contributed by atoms with Crippen LogP contribution >= 0.6 is 0 Å². The van der Waals surface area contributed by atoms with E-state index in [0.29, 0.717) is 17.7 Å². The quantitative estimate of drug-likeness (QED) is 0.597. The molecule has 1 aromatic heterocycles. The number of hydrogen-bond acceptors (Lipinski definition) is 3. The van der Waals surface area contributed by atoms with Crippen molar-refractivity contribution < 1.29 is 14.9 Å². The summed E-state index contributed by atoms with van der Waals surface area (Å²) in [5.74, 6) is -0.0311. The molecule has 3 N–H and O–H groups in total. The molecule has 0 saturated carbocycles. The zero-order valence-corrected chi connectivity index (χ0v) is 6.51. The first kappa shape index (κ1) is 7.94. The molecule has 62 valence electrons. The average molecular weight is 157 g/mol. The molecule has 11 heavy (non-hydrogen) atoms. The van der Waals surface area contributed by atoms with Crippen LogP contribution in [-0.4, -0.2) is 22.3 Å². The number of aromatic nitrogens is 1. The first-order valence-corrected chi connectivity index (χ1v) is 3.25. The molecule has 0 atom stereocenters. The molecule has 4 nitrogen and oxygen atoms in total. The van der Waals surface area contributed by atoms with Crippen molar-refractivity contribution in [2.24, 2.45) is 0 Å². The minimum absolute atomic E-state index is 0.00505. The number of H-pyrrole nitrogens is 1. The van der Waals surface area contributed by atoms with Crippen molar-refractivity contribution in [2.45, 2.75) is 13.5 Å². The Kier molecular flexibility index (Phi) is 2.05. The second-order valence-electron chi connectivity index (χ2n) is 2.36. The molecule has 0 aliphatic heterocycles. The van der Waals surface area contributed by atoms with Gasteiger partial charge in [0.2, 0.25) is 0 Å². The van der Waals surface area contributed by atoms with E-state index in [-0.39, 0.29) is 11.8 Å². The summed E-state index contributed by atoms with van der Waals surface area (Å²) in [5, 5.41) is 18.2. The van der Waals surface area contributed by atoms with Crippen LogP contribution in [0.25, 0.3) is 0 Å². The number of ether oxygens (including phenoxy) is 1. The fourth-order valence-electron chi connectivity index (χ4n) is 0.923. The summed E-state index contributed by atoms with van der Waals surface area (Å²) in [6.07, 6.45) is 0. The fourth-order valence-corrected chi connectivity index (χ4v) is 0.923. The Morgan fingerprint density at radius 2 is 2.00 bits per heavy atom. The summed E-state index contributed by atoms with van der Waals surface area (Å²) in [6.45, 7) is 2.01. The van der Waals surface area contributed by atoms with E-state index in [9.17, 15) is 0 Å². The average Bonchev–Trinajstić information content (AvgIpc) is 2.17. The monoisotopic (exact) mass is 157 g/mol. The van der Waals surface area contributed by atoms with Gasteiger partial charge in [-0.15, -0.1) is 0 Å². The smallest absolute Gasteiger partial charge is 0.197 e. The van der Waals surface area contributed by atoms with Gasteiger partial charge in [0.1, 0.15) is 0 Å². The van der Waals surface area contributed by atoms with E-state index in [0.717, 1.165) is 0 Å². The highest BCUT2D eigenvalue weighted by molar-refractivity contribution is 5.41. The van der Waals surface area contributed by atoms with Crippen LogP contribution in [0.2, 0.25) is 0 Å². The minimum Gasteiger partial charge on any atom is -0.494 e. The molecular weight excluding hydrogens is 146 g/mol. The number of methoxy groups -OCH3 is 1. The van der Waals surface area contributed by atoms with Gasteiger partial charge in [0.25, 0.3) is 0 Å². The molecular formula is C7H11NO3. The van der Waals surface area contributed by atoms with Crippen LogP contribution in [0.3, 0.4) is 0 Å². The van der Waals surface area contributed by atoms with Crippen molar-refractivity contribution in [1.29, 1.82) is 0 Å². The van der Waals surface area contributed by atoms with Crippen LogP contribution in [0.15, 0.2) is 0 Å². The lowest BCUT2D eigenvalue weighted by atomic mass is 10.2. The number of nitrogens with one attached hydrogen (secondary N) is 1. The van der Waals surface area contributed by atoms with Crippen LogP contribution in [-0.2, 0) is 11.3 Å². The molecule has 1 rings (SSSR count). The summed E-state index contributed by atoms with van der Waals surface area (Å²) < 4.78 is 4.81. The Bertz CT molecular complexity index is 254. The van der Waals surface area contributed by atoms with Crippen molar-refractivity contribution in [1.82, 2.24) is 4.98 Å². The maximum absolute atomic E-state index is 9.15. The van der Waals surface area contributed by atoms with E-state index in [1.54, 1.807) is 6.92 Å². The summed E-state index contributed by atoms with van der Waals surface area (Å²) in [7, 11) is 1.53. The molecule has 0 bridgehead atoms. The van der Waals surface area contributed by atoms with Gasteiger partial charge in [-0.05, 0) is 6.92 Å². The van der Waals surface area contributed by atoms with E-state index in [2.05, 4.69) is 4.98 Å². The first-order chi connectivity index (χ1) is 5.16. The Balaban J connectivity index is 3.02. The van der Waals surface area contributed by atoms with Gasteiger partial charge in [-0.3, -0.25) is 4.98 Å². The molecule has 0 unspecified atom stereocenters. The zero-order valence-electron chi connectivity index (χ0n) is 6.51. The highest BCUT2D eigenvalue weighted by atomic mass is 16.5. The van der Waals surface area contributed by atoms with E-state index in [1.165, 1.54) is 7.11 Å². The molecule has 0 saturated heterocycles. The van der Waals surface area contributed by atoms with E-state index >= 15 is 0 Å². The second-order valence-corrected chi connectivity index (χ2v) is 2.36. The van der Waals surface area contributed by atoms with E-state index < -0.39 is 0 Å². The van der Waals surface area contributed by atoms with Crippen molar-refractivity contribution >= 4 is 0 Å². The lowest BCUT2D eigenvalue weighted by Crippen LogP contribution is -1.87. The van der Waals surface area contributed by atoms with Gasteiger partial charge in [-0.2, -0.15) is 0 Å². The highest BCUT2D eigenvalue weighted by Gasteiger charge is 2.11. The van der Waals surface area contributed by atoms with E-state index in [4.69, 9.17) is 14.9 Å². The predicted molar refractivity (Wildman–Crippen MR) is 39.6 cm³/mol. The number of hydrogen-bond donors (Lipinski definition) is 3. The SMILES string of the molecule is COCc1c(O)[nH]c(O)c1C. The maximum Gasteiger partial charge on any atom is 0.197 e. The molecule has 4 heteroatoms. The van der Waals surface area contributed by atoms with Crippen LogP contribution in [0, 0.1) is 6.92 Å². The third-order valence-corrected chi connectivity index (χ3v) is 1.62. The number of aromatic amines is 1. The van der Waals surface area contributed by atoms with Crippen molar-refractivity contribution in [2.75, 3.05) is 7.11 Å². The normalized spacial score (nSPS) is 10.4. The summed E-state index contributed by atoms with van der Waals surface area (Å²) in [5.41, 5.74) is 1.23. The van der Waals surface area contributed by atoms with Crippen molar-refractivity contribution in [3.05, 3.63) is 11.1 Å². The van der Waals surface area contributed by atoms with Gasteiger partial charge < -0.3 is 14.9 Å². The van der Waals surface area contributed by atoms with Gasteiger partial charge in [0.05, 0.1) is 6.61 Å². The van der Waals surface area contributed by atoms with Gasteiger partial charge in [0, 0.05) is 18.2 Å². The summed E-state index contributed by atoms with van der Waals surface area (Å²) in [6, 6.07) is 0. The maximum atomic E-state index is 9.15. The van der Waals surface area contributed by atoms with E-state index in [1.807, 2.05) is 0 Å². The van der Waals surface area contributed by atoms with Gasteiger partial charge >= 0.3 is 0 Å². The summed E-state index contributed by atoms with van der Waals surface area (Å²) in [4.78, 5) is 2.39. The molecule has 1 aromatic rings. The zero-order chi connectivity index (χ0) is 8.43. The molecule has 0 spiro atoms. The second kappa shape index (κ2) is 2.84. The lowest BCUT2D eigenvalue weighted by Gasteiger charge is -1.96. The van der Waals surface area contributed by atoms with Crippen LogP contribution in [0.1, 0.15) is 11.1 Å². The Hall–Kier alpha value is -1.16. The third kappa shape index (κ3) is 1.30. The first-order valence-electron chi connectivity index (χ1n) is 3.25. The third-order valence-electron chi connectivity index (χ3n) is 1.62. The van der Waals surface area contributed by atoms with Crippen LogP contribution < -0.4 is 0 Å². The molecule has 0 aliphatic carbocycles. The molecule has 0 amide bonds. The Morgan fingerprint density at radius 1 is 1.36 bits per heavy atom. The molecule has 0 fully saturated rings. The van der Waals surface area contributed by atoms with Gasteiger partial charge in [-0.25, -0.2) is 0 Å². The topological polar surface area (TPSA) is 65.5 Å². The summed E-state index contributed by atoms with van der Waals surface area (Å²) >= 11 is 0. The minimum atomic E-state index is -0.0261. The fraction of sp³-hybridized carbons (Fsp3) is 0.429. The Labute approximate surface area is 64.4 Å². The van der Waals surface area contributed by atoms with Crippen LogP contribution in [0.4, 0.5) is 0 Å². The van der Waals surface area contributed by atoms with Gasteiger partial charge in [0.15, 0.2) is 11.8 Å². The lowest BCUT2D eigenvalue weighted by molar-refractivity contribution is 0.181. The number of rotatable bonds is 2. The predicted octanol–water partition coefficient (Wildman–Crippen LogP) is 0.881. The molecule has 0 aliphatic rings. The van der Waals surface area contributed by atoms with Crippen molar-refractivity contribution in [3.8, 4) is 11.8 Å². The largest absolute Gasteiger partial charge is 0.494 e. The Morgan fingerprint density at radius 3 is 2.36 bits per heavy atom. The standard InChI is InChI=1S/C7H11NO3/c1-4-5(3-11-2)7(10)8-6(4)9/h8-10H,3H2,1-2H3. The molecule has 0 radical (unpaired) electrons. The van der Waals surface area contributed by atoms with Crippen LogP contribution in [0.5, 0.6) is 11.8 Å². The van der Waals surface area contributed by atoms with Crippen molar-refractivity contribution in [3.63, 3.8) is 0 Å². The van der Waals surface area contributed by atoms with Gasteiger partial charge in [-0.1, -0.05) is 0 Å². The highest BCUT2D eigenvalue weighted by Crippen LogP contribution is 2.28.